The SMILES string of the molecule is CN=C(NCCCN(C(C)C)C(C)C)N1CCC(CN2CCCC2)C1. The fraction of sp³-hybridized carbons (Fsp3) is 0.950. The summed E-state index contributed by atoms with van der Waals surface area (Å²) in [5, 5.41) is 3.59. The predicted octanol–water partition coefficient (Wildman–Crippen LogP) is 2.49. The number of aliphatic imine (C=N–C) groups is 1. The molecule has 25 heavy (non-hydrogen) atoms. The summed E-state index contributed by atoms with van der Waals surface area (Å²) in [7, 11) is 1.92. The Balaban J connectivity index is 1.68. The number of rotatable bonds is 8. The third kappa shape index (κ3) is 6.45. The Bertz CT molecular complexity index is 393. The molecule has 2 aliphatic heterocycles. The zero-order valence-electron chi connectivity index (χ0n) is 17.3. The van der Waals surface area contributed by atoms with E-state index in [1.165, 1.54) is 51.9 Å². The van der Waals surface area contributed by atoms with Gasteiger partial charge < -0.3 is 15.1 Å². The molecule has 5 nitrogen and oxygen atoms in total. The molecule has 0 saturated carbocycles. The Hall–Kier alpha value is -0.810. The molecule has 146 valence electrons. The van der Waals surface area contributed by atoms with Crippen LogP contribution in [0.25, 0.3) is 0 Å². The summed E-state index contributed by atoms with van der Waals surface area (Å²) < 4.78 is 0. The maximum absolute atomic E-state index is 4.53. The Morgan fingerprint density at radius 3 is 2.40 bits per heavy atom. The van der Waals surface area contributed by atoms with Crippen molar-refractivity contribution in [1.82, 2.24) is 20.0 Å². The van der Waals surface area contributed by atoms with Crippen molar-refractivity contribution < 1.29 is 0 Å². The highest BCUT2D eigenvalue weighted by Gasteiger charge is 2.27. The van der Waals surface area contributed by atoms with Crippen LogP contribution in [0.1, 0.15) is 53.4 Å². The van der Waals surface area contributed by atoms with E-state index in [4.69, 9.17) is 0 Å². The van der Waals surface area contributed by atoms with Crippen LogP contribution in [-0.2, 0) is 0 Å². The molecule has 2 fully saturated rings. The van der Waals surface area contributed by atoms with E-state index in [1.54, 1.807) is 0 Å². The monoisotopic (exact) mass is 351 g/mol. The number of likely N-dealkylation sites (tertiary alicyclic amines) is 2. The second kappa shape index (κ2) is 10.4. The van der Waals surface area contributed by atoms with Crippen LogP contribution in [0.4, 0.5) is 0 Å². The number of nitrogens with one attached hydrogen (secondary N) is 1. The van der Waals surface area contributed by atoms with Crippen LogP contribution in [0, 0.1) is 5.92 Å². The standard InChI is InChI=1S/C20H41N5/c1-17(2)25(18(3)4)13-8-10-22-20(21-5)24-14-9-19(16-24)15-23-11-6-7-12-23/h17-19H,6-16H2,1-5H3,(H,21,22). The van der Waals surface area contributed by atoms with Gasteiger partial charge in [0, 0.05) is 51.9 Å². The highest BCUT2D eigenvalue weighted by molar-refractivity contribution is 5.80. The molecule has 0 amide bonds. The van der Waals surface area contributed by atoms with E-state index < -0.39 is 0 Å². The van der Waals surface area contributed by atoms with Crippen LogP contribution >= 0.6 is 0 Å². The van der Waals surface area contributed by atoms with Gasteiger partial charge in [-0.15, -0.1) is 0 Å². The fourth-order valence-electron chi connectivity index (χ4n) is 4.41. The van der Waals surface area contributed by atoms with E-state index in [-0.39, 0.29) is 0 Å². The number of hydrogen-bond acceptors (Lipinski definition) is 3. The molecule has 0 spiro atoms. The van der Waals surface area contributed by atoms with Crippen molar-refractivity contribution in [3.63, 3.8) is 0 Å². The molecule has 0 aromatic carbocycles. The van der Waals surface area contributed by atoms with Crippen molar-refractivity contribution in [3.8, 4) is 0 Å². The average Bonchev–Trinajstić information content (AvgIpc) is 3.22. The zero-order chi connectivity index (χ0) is 18.2. The minimum atomic E-state index is 0.615. The van der Waals surface area contributed by atoms with Gasteiger partial charge in [0.15, 0.2) is 5.96 Å². The molecule has 0 aromatic heterocycles. The lowest BCUT2D eigenvalue weighted by Crippen LogP contribution is -2.43. The van der Waals surface area contributed by atoms with Gasteiger partial charge in [0.25, 0.3) is 0 Å². The van der Waals surface area contributed by atoms with Gasteiger partial charge in [-0.05, 0) is 72.4 Å². The van der Waals surface area contributed by atoms with Crippen LogP contribution in [0.2, 0.25) is 0 Å². The van der Waals surface area contributed by atoms with Gasteiger partial charge in [-0.25, -0.2) is 0 Å². The van der Waals surface area contributed by atoms with E-state index in [1.807, 2.05) is 7.05 Å². The molecule has 2 heterocycles. The van der Waals surface area contributed by atoms with Gasteiger partial charge in [-0.1, -0.05) is 0 Å². The Morgan fingerprint density at radius 2 is 1.80 bits per heavy atom. The van der Waals surface area contributed by atoms with Gasteiger partial charge >= 0.3 is 0 Å². The van der Waals surface area contributed by atoms with Gasteiger partial charge in [-0.2, -0.15) is 0 Å². The predicted molar refractivity (Wildman–Crippen MR) is 108 cm³/mol. The van der Waals surface area contributed by atoms with E-state index in [0.717, 1.165) is 31.5 Å². The Kier molecular flexibility index (Phi) is 8.50. The first kappa shape index (κ1) is 20.5. The maximum Gasteiger partial charge on any atom is 0.193 e. The third-order valence-electron chi connectivity index (χ3n) is 5.72. The molecular formula is C20H41N5. The molecule has 0 aliphatic carbocycles. The van der Waals surface area contributed by atoms with Crippen LogP contribution in [0.5, 0.6) is 0 Å². The lowest BCUT2D eigenvalue weighted by molar-refractivity contribution is 0.173. The topological polar surface area (TPSA) is 34.1 Å². The molecule has 1 N–H and O–H groups in total. The maximum atomic E-state index is 4.53. The molecule has 1 atom stereocenters. The van der Waals surface area contributed by atoms with E-state index in [9.17, 15) is 0 Å². The lowest BCUT2D eigenvalue weighted by atomic mass is 10.1. The summed E-state index contributed by atoms with van der Waals surface area (Å²) in [5.74, 6) is 1.92. The van der Waals surface area contributed by atoms with Gasteiger partial charge in [0.2, 0.25) is 0 Å². The van der Waals surface area contributed by atoms with Crippen molar-refractivity contribution in [2.75, 3.05) is 52.9 Å². The first-order valence-corrected chi connectivity index (χ1v) is 10.4. The molecule has 5 heteroatoms. The second-order valence-electron chi connectivity index (χ2n) is 8.36. The van der Waals surface area contributed by atoms with E-state index in [0.29, 0.717) is 12.1 Å². The van der Waals surface area contributed by atoms with Crippen LogP contribution in [0.15, 0.2) is 4.99 Å². The minimum absolute atomic E-state index is 0.615. The quantitative estimate of drug-likeness (QED) is 0.414. The lowest BCUT2D eigenvalue weighted by Gasteiger charge is -2.30. The summed E-state index contributed by atoms with van der Waals surface area (Å²) in [6.45, 7) is 17.5. The zero-order valence-corrected chi connectivity index (χ0v) is 17.3. The second-order valence-corrected chi connectivity index (χ2v) is 8.36. The number of hydrogen-bond donors (Lipinski definition) is 1. The summed E-state index contributed by atoms with van der Waals surface area (Å²) >= 11 is 0. The first-order valence-electron chi connectivity index (χ1n) is 10.4. The van der Waals surface area contributed by atoms with Crippen molar-refractivity contribution in [3.05, 3.63) is 0 Å². The largest absolute Gasteiger partial charge is 0.356 e. The minimum Gasteiger partial charge on any atom is -0.356 e. The molecule has 0 bridgehead atoms. The summed E-state index contributed by atoms with van der Waals surface area (Å²) in [6.07, 6.45) is 5.26. The molecule has 0 radical (unpaired) electrons. The molecule has 2 rings (SSSR count). The first-order chi connectivity index (χ1) is 12.0. The van der Waals surface area contributed by atoms with Gasteiger partial charge in [0.05, 0.1) is 0 Å². The summed E-state index contributed by atoms with van der Waals surface area (Å²) in [4.78, 5) is 12.2. The number of guanidine groups is 1. The molecule has 0 aromatic rings. The Morgan fingerprint density at radius 1 is 1.12 bits per heavy atom. The molecule has 1 unspecified atom stereocenters. The van der Waals surface area contributed by atoms with Crippen molar-refractivity contribution >= 4 is 5.96 Å². The van der Waals surface area contributed by atoms with Crippen molar-refractivity contribution in [2.45, 2.75) is 65.5 Å². The third-order valence-corrected chi connectivity index (χ3v) is 5.72. The van der Waals surface area contributed by atoms with Crippen LogP contribution in [-0.4, -0.2) is 85.6 Å². The summed E-state index contributed by atoms with van der Waals surface area (Å²) in [6, 6.07) is 1.23. The highest BCUT2D eigenvalue weighted by Crippen LogP contribution is 2.20. The van der Waals surface area contributed by atoms with Crippen molar-refractivity contribution in [1.29, 1.82) is 0 Å². The van der Waals surface area contributed by atoms with E-state index in [2.05, 4.69) is 52.7 Å². The molecule has 2 saturated heterocycles. The number of nitrogens with zero attached hydrogens (tertiary/aromatic N) is 4. The molecule has 2 aliphatic rings. The van der Waals surface area contributed by atoms with Crippen LogP contribution < -0.4 is 5.32 Å². The van der Waals surface area contributed by atoms with Crippen molar-refractivity contribution in [2.24, 2.45) is 10.9 Å². The fourth-order valence-corrected chi connectivity index (χ4v) is 4.41. The van der Waals surface area contributed by atoms with Gasteiger partial charge in [-0.3, -0.25) is 9.89 Å². The smallest absolute Gasteiger partial charge is 0.193 e. The molecular weight excluding hydrogens is 310 g/mol. The average molecular weight is 352 g/mol. The van der Waals surface area contributed by atoms with Gasteiger partial charge in [0.1, 0.15) is 0 Å². The normalized spacial score (nSPS) is 22.8. The Labute approximate surface area is 155 Å². The van der Waals surface area contributed by atoms with E-state index >= 15 is 0 Å². The highest BCUT2D eigenvalue weighted by atomic mass is 15.3. The summed E-state index contributed by atoms with van der Waals surface area (Å²) in [5.41, 5.74) is 0. The van der Waals surface area contributed by atoms with Crippen LogP contribution in [0.3, 0.4) is 0 Å².